The lowest BCUT2D eigenvalue weighted by Crippen LogP contribution is -2.53. The number of hydrogen-bond acceptors (Lipinski definition) is 4. The van der Waals surface area contributed by atoms with Crippen LogP contribution >= 0.6 is 0 Å². The Morgan fingerprint density at radius 2 is 2.17 bits per heavy atom. The first kappa shape index (κ1) is 13.3. The van der Waals surface area contributed by atoms with E-state index in [0.717, 1.165) is 19.4 Å². The molecule has 18 heavy (non-hydrogen) atoms. The predicted octanol–water partition coefficient (Wildman–Crippen LogP) is -0.577. The van der Waals surface area contributed by atoms with E-state index in [2.05, 4.69) is 5.32 Å². The molecule has 2 saturated heterocycles. The number of rotatable bonds is 2. The van der Waals surface area contributed by atoms with Crippen LogP contribution in [0.1, 0.15) is 26.2 Å². The number of piperidine rings is 1. The van der Waals surface area contributed by atoms with Gasteiger partial charge in [-0.15, -0.1) is 0 Å². The molecule has 3 atom stereocenters. The molecule has 2 aliphatic rings. The smallest absolute Gasteiger partial charge is 0.326 e. The number of carboxylic acids is 1. The minimum absolute atomic E-state index is 0.130. The summed E-state index contributed by atoms with van der Waals surface area (Å²) in [5.41, 5.74) is -0.546. The zero-order valence-corrected chi connectivity index (χ0v) is 10.6. The number of aliphatic hydroxyl groups excluding tert-OH is 1. The van der Waals surface area contributed by atoms with Gasteiger partial charge in [0.05, 0.1) is 11.5 Å². The van der Waals surface area contributed by atoms with E-state index in [1.807, 2.05) is 6.92 Å². The average Bonchev–Trinajstić information content (AvgIpc) is 2.71. The van der Waals surface area contributed by atoms with Gasteiger partial charge in [-0.3, -0.25) is 4.79 Å². The van der Waals surface area contributed by atoms with Crippen molar-refractivity contribution < 1.29 is 19.8 Å². The molecule has 0 aliphatic carbocycles. The molecule has 6 nitrogen and oxygen atoms in total. The van der Waals surface area contributed by atoms with E-state index >= 15 is 0 Å². The maximum absolute atomic E-state index is 12.5. The van der Waals surface area contributed by atoms with Crippen molar-refractivity contribution in [1.82, 2.24) is 10.2 Å². The molecule has 0 aromatic rings. The summed E-state index contributed by atoms with van der Waals surface area (Å²) in [6.07, 6.45) is 1.08. The summed E-state index contributed by atoms with van der Waals surface area (Å²) in [4.78, 5) is 25.0. The van der Waals surface area contributed by atoms with Crippen LogP contribution in [-0.4, -0.2) is 58.8 Å². The Labute approximate surface area is 106 Å². The van der Waals surface area contributed by atoms with Gasteiger partial charge in [-0.25, -0.2) is 4.79 Å². The molecule has 2 heterocycles. The van der Waals surface area contributed by atoms with E-state index < -0.39 is 23.5 Å². The number of likely N-dealkylation sites (tertiary alicyclic amines) is 1. The van der Waals surface area contributed by atoms with Gasteiger partial charge in [0.25, 0.3) is 0 Å². The fourth-order valence-electron chi connectivity index (χ4n) is 2.86. The number of hydrogen-bond donors (Lipinski definition) is 3. The number of aliphatic carboxylic acids is 1. The van der Waals surface area contributed by atoms with E-state index in [1.165, 1.54) is 4.90 Å². The Morgan fingerprint density at radius 1 is 1.44 bits per heavy atom. The summed E-state index contributed by atoms with van der Waals surface area (Å²) >= 11 is 0. The van der Waals surface area contributed by atoms with Crippen molar-refractivity contribution in [2.45, 2.75) is 38.3 Å². The molecule has 2 fully saturated rings. The van der Waals surface area contributed by atoms with Crippen molar-refractivity contribution in [2.75, 3.05) is 19.6 Å². The number of amides is 1. The number of aliphatic hydroxyl groups is 1. The highest BCUT2D eigenvalue weighted by Gasteiger charge is 2.45. The second kappa shape index (κ2) is 4.85. The minimum Gasteiger partial charge on any atom is -0.480 e. The quantitative estimate of drug-likeness (QED) is 0.615. The highest BCUT2D eigenvalue weighted by atomic mass is 16.4. The molecule has 0 aromatic heterocycles. The molecule has 3 N–H and O–H groups in total. The van der Waals surface area contributed by atoms with Crippen molar-refractivity contribution in [2.24, 2.45) is 5.41 Å². The third-order valence-electron chi connectivity index (χ3n) is 3.94. The number of carbonyl (C=O) groups excluding carboxylic acids is 1. The van der Waals surface area contributed by atoms with Crippen molar-refractivity contribution in [3.8, 4) is 0 Å². The normalized spacial score (nSPS) is 36.7. The Morgan fingerprint density at radius 3 is 2.72 bits per heavy atom. The molecule has 0 aromatic carbocycles. The Hall–Kier alpha value is -1.14. The van der Waals surface area contributed by atoms with Gasteiger partial charge in [0.15, 0.2) is 0 Å². The van der Waals surface area contributed by atoms with Crippen LogP contribution in [0.15, 0.2) is 0 Å². The topological polar surface area (TPSA) is 89.9 Å². The van der Waals surface area contributed by atoms with Gasteiger partial charge in [-0.2, -0.15) is 0 Å². The summed E-state index contributed by atoms with van der Waals surface area (Å²) in [6, 6.07) is -0.883. The third kappa shape index (κ3) is 2.35. The van der Waals surface area contributed by atoms with Gasteiger partial charge < -0.3 is 20.4 Å². The fraction of sp³-hybridized carbons (Fsp3) is 0.833. The maximum Gasteiger partial charge on any atom is 0.326 e. The number of carbonyl (C=O) groups is 2. The van der Waals surface area contributed by atoms with E-state index in [-0.39, 0.29) is 18.9 Å². The van der Waals surface area contributed by atoms with E-state index in [1.54, 1.807) is 0 Å². The molecule has 1 amide bonds. The molecule has 102 valence electrons. The van der Waals surface area contributed by atoms with Crippen LogP contribution in [0.3, 0.4) is 0 Å². The molecule has 0 radical (unpaired) electrons. The summed E-state index contributed by atoms with van der Waals surface area (Å²) in [5.74, 6) is -1.19. The summed E-state index contributed by atoms with van der Waals surface area (Å²) < 4.78 is 0. The summed E-state index contributed by atoms with van der Waals surface area (Å²) in [6.45, 7) is 3.47. The first-order valence-corrected chi connectivity index (χ1v) is 6.37. The molecule has 0 saturated carbocycles. The van der Waals surface area contributed by atoms with Crippen LogP contribution in [0.4, 0.5) is 0 Å². The lowest BCUT2D eigenvalue weighted by Gasteiger charge is -2.37. The minimum atomic E-state index is -1.03. The monoisotopic (exact) mass is 256 g/mol. The van der Waals surface area contributed by atoms with Crippen LogP contribution in [0, 0.1) is 5.41 Å². The van der Waals surface area contributed by atoms with Crippen LogP contribution < -0.4 is 5.32 Å². The van der Waals surface area contributed by atoms with Gasteiger partial charge in [-0.1, -0.05) is 0 Å². The Balaban J connectivity index is 2.14. The van der Waals surface area contributed by atoms with Gasteiger partial charge in [0, 0.05) is 19.5 Å². The highest BCUT2D eigenvalue weighted by molar-refractivity contribution is 5.88. The standard InChI is InChI=1S/C12H20N2O4/c1-12(3-2-4-13-7-12)11(18)14-6-8(15)5-9(14)10(16)17/h8-9,13,15H,2-7H2,1H3,(H,16,17)/t8-,9+,12?/m1/s1. The van der Waals surface area contributed by atoms with Gasteiger partial charge >= 0.3 is 5.97 Å². The first-order chi connectivity index (χ1) is 8.44. The Bertz CT molecular complexity index is 352. The number of β-amino-alcohol motifs (C(OH)–C–C–N with tert-alkyl or cyclic N) is 1. The fourth-order valence-corrected chi connectivity index (χ4v) is 2.86. The molecule has 2 rings (SSSR count). The predicted molar refractivity (Wildman–Crippen MR) is 64.0 cm³/mol. The molecule has 0 spiro atoms. The zero-order valence-electron chi connectivity index (χ0n) is 10.6. The Kier molecular flexibility index (Phi) is 3.59. The van der Waals surface area contributed by atoms with E-state index in [9.17, 15) is 14.7 Å². The van der Waals surface area contributed by atoms with Crippen molar-refractivity contribution >= 4 is 11.9 Å². The van der Waals surface area contributed by atoms with E-state index in [0.29, 0.717) is 6.54 Å². The molecule has 1 unspecified atom stereocenters. The second-order valence-electron chi connectivity index (χ2n) is 5.54. The zero-order chi connectivity index (χ0) is 13.3. The van der Waals surface area contributed by atoms with Gasteiger partial charge in [0.2, 0.25) is 5.91 Å². The molecule has 0 bridgehead atoms. The summed E-state index contributed by atoms with van der Waals surface area (Å²) in [7, 11) is 0. The second-order valence-corrected chi connectivity index (χ2v) is 5.54. The summed E-state index contributed by atoms with van der Waals surface area (Å²) in [5, 5.41) is 21.9. The van der Waals surface area contributed by atoms with Crippen LogP contribution in [-0.2, 0) is 9.59 Å². The number of carboxylic acid groups (broad SMARTS) is 1. The molecular formula is C12H20N2O4. The number of nitrogens with zero attached hydrogens (tertiary/aromatic N) is 1. The third-order valence-corrected chi connectivity index (χ3v) is 3.94. The van der Waals surface area contributed by atoms with Crippen LogP contribution in [0.5, 0.6) is 0 Å². The van der Waals surface area contributed by atoms with Crippen molar-refractivity contribution in [3.05, 3.63) is 0 Å². The van der Waals surface area contributed by atoms with Crippen molar-refractivity contribution in [1.29, 1.82) is 0 Å². The SMILES string of the molecule is CC1(C(=O)N2C[C@H](O)C[C@H]2C(=O)O)CCCNC1. The average molecular weight is 256 g/mol. The van der Waals surface area contributed by atoms with E-state index in [4.69, 9.17) is 5.11 Å². The van der Waals surface area contributed by atoms with Gasteiger partial charge in [0.1, 0.15) is 6.04 Å². The van der Waals surface area contributed by atoms with Crippen LogP contribution in [0.25, 0.3) is 0 Å². The lowest BCUT2D eigenvalue weighted by molar-refractivity contribution is -0.153. The molecule has 2 aliphatic heterocycles. The molecule has 6 heteroatoms. The maximum atomic E-state index is 12.5. The van der Waals surface area contributed by atoms with Gasteiger partial charge in [-0.05, 0) is 26.3 Å². The first-order valence-electron chi connectivity index (χ1n) is 6.37. The van der Waals surface area contributed by atoms with Crippen LogP contribution in [0.2, 0.25) is 0 Å². The lowest BCUT2D eigenvalue weighted by atomic mass is 9.81. The van der Waals surface area contributed by atoms with Crippen molar-refractivity contribution in [3.63, 3.8) is 0 Å². The molecular weight excluding hydrogens is 236 g/mol. The number of nitrogens with one attached hydrogen (secondary N) is 1. The largest absolute Gasteiger partial charge is 0.480 e. The highest BCUT2D eigenvalue weighted by Crippen LogP contribution is 2.31.